The van der Waals surface area contributed by atoms with Crippen LogP contribution in [0, 0.1) is 0 Å². The van der Waals surface area contributed by atoms with Gasteiger partial charge in [-0.2, -0.15) is 0 Å². The van der Waals surface area contributed by atoms with Crippen molar-refractivity contribution in [1.29, 1.82) is 0 Å². The van der Waals surface area contributed by atoms with Gasteiger partial charge < -0.3 is 0 Å². The summed E-state index contributed by atoms with van der Waals surface area (Å²) >= 11 is 0. The average molecular weight is 298 g/mol. The third kappa shape index (κ3) is 484. The number of rotatable bonds is 0. The first-order chi connectivity index (χ1) is 4.00. The molecule has 0 aromatic carbocycles. The van der Waals surface area contributed by atoms with Gasteiger partial charge in [0.25, 0.3) is 27.2 Å². The van der Waals surface area contributed by atoms with Crippen LogP contribution in [0.3, 0.4) is 0 Å². The van der Waals surface area contributed by atoms with E-state index in [4.69, 9.17) is 19.2 Å². The van der Waals surface area contributed by atoms with Gasteiger partial charge in [-0.05, 0) is 0 Å². The van der Waals surface area contributed by atoms with Crippen LogP contribution in [0.4, 0.5) is 0 Å². The van der Waals surface area contributed by atoms with Gasteiger partial charge >= 0.3 is 0 Å². The Bertz CT molecular complexity index is 20.5. The van der Waals surface area contributed by atoms with Crippen LogP contribution in [0.1, 0.15) is 0 Å². The molecule has 0 rings (SSSR count). The quantitative estimate of drug-likeness (QED) is 0.541. The van der Waals surface area contributed by atoms with E-state index in [0.29, 0.717) is 0 Å². The molecule has 0 aromatic rings. The predicted octanol–water partition coefficient (Wildman–Crippen LogP) is -1.59. The second-order valence-electron chi connectivity index (χ2n) is 0. The van der Waals surface area contributed by atoms with Crippen LogP contribution in [-0.4, -0.2) is 27.2 Å². The van der Waals surface area contributed by atoms with Crippen LogP contribution < -0.4 is 0 Å². The molecule has 0 N–H and O–H groups in total. The molecule has 0 aromatic heterocycles. The van der Waals surface area contributed by atoms with E-state index in [1.54, 1.807) is 0 Å². The fourth-order valence-corrected chi connectivity index (χ4v) is 0. The van der Waals surface area contributed by atoms with Crippen molar-refractivity contribution in [1.82, 2.24) is 0 Å². The van der Waals surface area contributed by atoms with E-state index < -0.39 is 0 Å². The standard InChI is InChI=1S/4CO.Re/c4*1-2;. The molecule has 5 heteroatoms. The molecule has 0 bridgehead atoms. The van der Waals surface area contributed by atoms with Crippen molar-refractivity contribution in [2.45, 2.75) is 0 Å². The van der Waals surface area contributed by atoms with Gasteiger partial charge in [0.15, 0.2) is 0 Å². The SMILES string of the molecule is [C]=O.[C]=O.[C]=O.[C]=O.[Re]. The zero-order valence-electron chi connectivity index (χ0n) is 4.01. The van der Waals surface area contributed by atoms with Crippen molar-refractivity contribution < 1.29 is 39.6 Å². The Morgan fingerprint density at radius 1 is 0.444 bits per heavy atom. The van der Waals surface area contributed by atoms with Gasteiger partial charge in [-0.15, -0.1) is 0 Å². The summed E-state index contributed by atoms with van der Waals surface area (Å²) in [5.74, 6) is 0. The molecule has 0 unspecified atom stereocenters. The first kappa shape index (κ1) is 40.3. The van der Waals surface area contributed by atoms with E-state index in [0.717, 1.165) is 0 Å². The molecule has 0 heterocycles. The Morgan fingerprint density at radius 2 is 0.444 bits per heavy atom. The Hall–Kier alpha value is -0.658. The van der Waals surface area contributed by atoms with E-state index in [1.165, 1.54) is 0 Å². The maximum absolute atomic E-state index is 7.50. The van der Waals surface area contributed by atoms with E-state index in [2.05, 4.69) is 27.2 Å². The normalized spacial score (nSPS) is 1.78. The average Bonchev–Trinajstić information content (AvgIpc) is 2.03. The molecule has 0 saturated heterocycles. The molecule has 0 amide bonds. The molecule has 0 spiro atoms. The third-order valence-corrected chi connectivity index (χ3v) is 0. The van der Waals surface area contributed by atoms with Gasteiger partial charge in [-0.1, -0.05) is 0 Å². The zero-order chi connectivity index (χ0) is 8.00. The van der Waals surface area contributed by atoms with Gasteiger partial charge in [0.1, 0.15) is 0 Å². The topological polar surface area (TPSA) is 68.3 Å². The molecule has 0 aliphatic heterocycles. The van der Waals surface area contributed by atoms with Crippen LogP contribution in [0.15, 0.2) is 0 Å². The minimum atomic E-state index is 0. The van der Waals surface area contributed by atoms with Crippen molar-refractivity contribution in [2.24, 2.45) is 0 Å². The zero-order valence-corrected chi connectivity index (χ0v) is 6.73. The maximum atomic E-state index is 7.50. The van der Waals surface area contributed by atoms with Crippen LogP contribution in [-0.2, 0) is 39.6 Å². The molecule has 9 radical (unpaired) electrons. The van der Waals surface area contributed by atoms with Crippen molar-refractivity contribution in [3.63, 3.8) is 0 Å². The molecule has 0 aliphatic rings. The molecule has 0 aliphatic carbocycles. The molecule has 0 atom stereocenters. The van der Waals surface area contributed by atoms with Crippen molar-refractivity contribution in [2.75, 3.05) is 0 Å². The van der Waals surface area contributed by atoms with Gasteiger partial charge in [0, 0.05) is 20.4 Å². The fourth-order valence-electron chi connectivity index (χ4n) is 0. The minimum absolute atomic E-state index is 0. The predicted molar refractivity (Wildman–Crippen MR) is 22.8 cm³/mol. The van der Waals surface area contributed by atoms with Crippen LogP contribution >= 0.6 is 0 Å². The monoisotopic (exact) mass is 299 g/mol. The minimum Gasteiger partial charge on any atom is -0.281 e. The molecule has 4 nitrogen and oxygen atoms in total. The second-order valence-corrected chi connectivity index (χ2v) is 0. The van der Waals surface area contributed by atoms with E-state index >= 15 is 0 Å². The Balaban J connectivity index is -0.00000000762. The molecular weight excluding hydrogens is 298 g/mol. The number of carbonyl (C=O) groups excluding carboxylic acids is 4. The summed E-state index contributed by atoms with van der Waals surface area (Å²) in [6.07, 6.45) is 0. The van der Waals surface area contributed by atoms with Gasteiger partial charge in [-0.3, -0.25) is 19.2 Å². The summed E-state index contributed by atoms with van der Waals surface area (Å²) in [5.41, 5.74) is 0. The van der Waals surface area contributed by atoms with Crippen LogP contribution in [0.25, 0.3) is 0 Å². The summed E-state index contributed by atoms with van der Waals surface area (Å²) in [6, 6.07) is 0. The molecule has 0 fully saturated rings. The van der Waals surface area contributed by atoms with E-state index in [-0.39, 0.29) is 20.4 Å². The maximum Gasteiger partial charge on any atom is 0.281 e. The Labute approximate surface area is 67.3 Å². The first-order valence-corrected chi connectivity index (χ1v) is 0.816. The molecule has 0 saturated carbocycles. The van der Waals surface area contributed by atoms with Gasteiger partial charge in [0.2, 0.25) is 0 Å². The van der Waals surface area contributed by atoms with Gasteiger partial charge in [0.05, 0.1) is 0 Å². The summed E-state index contributed by atoms with van der Waals surface area (Å²) < 4.78 is 0. The van der Waals surface area contributed by atoms with Crippen LogP contribution in [0.5, 0.6) is 0 Å². The van der Waals surface area contributed by atoms with Crippen molar-refractivity contribution in [3.8, 4) is 0 Å². The van der Waals surface area contributed by atoms with Crippen molar-refractivity contribution >= 4 is 27.2 Å². The smallest absolute Gasteiger partial charge is 0.281 e. The van der Waals surface area contributed by atoms with Crippen LogP contribution in [0.2, 0.25) is 0 Å². The summed E-state index contributed by atoms with van der Waals surface area (Å²) in [4.78, 5) is 30.0. The number of hydrogen-bond donors (Lipinski definition) is 0. The molecule has 47 valence electrons. The van der Waals surface area contributed by atoms with Crippen molar-refractivity contribution in [3.05, 3.63) is 0 Å². The molecule has 9 heavy (non-hydrogen) atoms. The number of hydrogen-bond acceptors (Lipinski definition) is 4. The molecular formula is C4O4Re. The largest absolute Gasteiger partial charge is 0.281 e. The van der Waals surface area contributed by atoms with E-state index in [9.17, 15) is 0 Å². The summed E-state index contributed by atoms with van der Waals surface area (Å²) in [7, 11) is 0. The first-order valence-electron chi connectivity index (χ1n) is 0.816. The summed E-state index contributed by atoms with van der Waals surface area (Å²) in [6.45, 7) is 18.0. The Morgan fingerprint density at radius 3 is 0.444 bits per heavy atom. The third-order valence-electron chi connectivity index (χ3n) is 0. The second kappa shape index (κ2) is 683. The van der Waals surface area contributed by atoms with Gasteiger partial charge in [-0.25, -0.2) is 0 Å². The summed E-state index contributed by atoms with van der Waals surface area (Å²) in [5, 5.41) is 0. The fraction of sp³-hybridized carbons (Fsp3) is 0. The van der Waals surface area contributed by atoms with E-state index in [1.807, 2.05) is 0 Å². The Kier molecular flexibility index (Phi) is 3050.